The van der Waals surface area contributed by atoms with Gasteiger partial charge in [-0.15, -0.1) is 6.58 Å². The highest BCUT2D eigenvalue weighted by Crippen LogP contribution is 1.92. The van der Waals surface area contributed by atoms with E-state index in [0.29, 0.717) is 5.90 Å². The zero-order valence-corrected chi connectivity index (χ0v) is 6.50. The highest BCUT2D eigenvalue weighted by atomic mass is 16.5. The third-order valence-corrected chi connectivity index (χ3v) is 1.06. The zero-order chi connectivity index (χ0) is 7.98. The van der Waals surface area contributed by atoms with Crippen molar-refractivity contribution in [3.63, 3.8) is 0 Å². The van der Waals surface area contributed by atoms with Crippen molar-refractivity contribution in [3.05, 3.63) is 25.3 Å². The smallest absolute Gasteiger partial charge is 0.208 e. The Kier molecular flexibility index (Phi) is 4.29. The van der Waals surface area contributed by atoms with Crippen LogP contribution in [-0.4, -0.2) is 19.0 Å². The standard InChI is InChI=1S/C8H13NO/c1-5-7(3)9-8(6-2)10-4/h5-7H,1-2H2,3-4H3. The molecule has 0 heterocycles. The Morgan fingerprint density at radius 2 is 2.20 bits per heavy atom. The second kappa shape index (κ2) is 4.79. The minimum atomic E-state index is 0.0907. The molecule has 10 heavy (non-hydrogen) atoms. The molecule has 0 spiro atoms. The lowest BCUT2D eigenvalue weighted by molar-refractivity contribution is 0.403. The summed E-state index contributed by atoms with van der Waals surface area (Å²) in [4.78, 5) is 4.09. The number of rotatable bonds is 3. The maximum absolute atomic E-state index is 4.86. The number of ether oxygens (including phenoxy) is 1. The van der Waals surface area contributed by atoms with E-state index in [1.165, 1.54) is 0 Å². The van der Waals surface area contributed by atoms with E-state index < -0.39 is 0 Å². The molecule has 0 amide bonds. The van der Waals surface area contributed by atoms with Crippen molar-refractivity contribution in [2.45, 2.75) is 13.0 Å². The van der Waals surface area contributed by atoms with Gasteiger partial charge in [0.15, 0.2) is 0 Å². The van der Waals surface area contributed by atoms with Crippen LogP contribution >= 0.6 is 0 Å². The molecule has 2 nitrogen and oxygen atoms in total. The summed E-state index contributed by atoms with van der Waals surface area (Å²) in [5, 5.41) is 0. The Balaban J connectivity index is 4.08. The van der Waals surface area contributed by atoms with Crippen LogP contribution in [0.15, 0.2) is 30.3 Å². The molecular weight excluding hydrogens is 126 g/mol. The molecular formula is C8H13NO. The third kappa shape index (κ3) is 3.07. The van der Waals surface area contributed by atoms with Gasteiger partial charge in [0.05, 0.1) is 13.2 Å². The zero-order valence-electron chi connectivity index (χ0n) is 6.50. The van der Waals surface area contributed by atoms with Gasteiger partial charge < -0.3 is 4.74 Å². The second-order valence-corrected chi connectivity index (χ2v) is 1.85. The molecule has 0 aliphatic heterocycles. The molecule has 0 aromatic rings. The van der Waals surface area contributed by atoms with Crippen LogP contribution in [0.3, 0.4) is 0 Å². The first-order valence-electron chi connectivity index (χ1n) is 3.11. The monoisotopic (exact) mass is 139 g/mol. The minimum absolute atomic E-state index is 0.0907. The van der Waals surface area contributed by atoms with Crippen molar-refractivity contribution in [1.29, 1.82) is 0 Å². The van der Waals surface area contributed by atoms with E-state index in [9.17, 15) is 0 Å². The number of nitrogens with zero attached hydrogens (tertiary/aromatic N) is 1. The third-order valence-electron chi connectivity index (χ3n) is 1.06. The Labute approximate surface area is 61.9 Å². The fourth-order valence-corrected chi connectivity index (χ4v) is 0.442. The second-order valence-electron chi connectivity index (χ2n) is 1.85. The molecule has 0 rings (SSSR count). The molecule has 0 aromatic heterocycles. The van der Waals surface area contributed by atoms with E-state index in [2.05, 4.69) is 18.2 Å². The van der Waals surface area contributed by atoms with Crippen LogP contribution in [0.25, 0.3) is 0 Å². The molecule has 0 aliphatic rings. The predicted octanol–water partition coefficient (Wildman–Crippen LogP) is 1.79. The molecule has 0 aliphatic carbocycles. The quantitative estimate of drug-likeness (QED) is 0.332. The lowest BCUT2D eigenvalue weighted by Crippen LogP contribution is -2.01. The molecule has 0 aromatic carbocycles. The molecule has 0 saturated heterocycles. The fourth-order valence-electron chi connectivity index (χ4n) is 0.442. The summed E-state index contributed by atoms with van der Waals surface area (Å²) in [6, 6.07) is 0.0907. The van der Waals surface area contributed by atoms with Crippen LogP contribution in [0, 0.1) is 0 Å². The van der Waals surface area contributed by atoms with Crippen molar-refractivity contribution in [3.8, 4) is 0 Å². The summed E-state index contributed by atoms with van der Waals surface area (Å²) >= 11 is 0. The van der Waals surface area contributed by atoms with Gasteiger partial charge in [-0.05, 0) is 13.0 Å². The van der Waals surface area contributed by atoms with E-state index in [1.54, 1.807) is 19.3 Å². The van der Waals surface area contributed by atoms with Gasteiger partial charge in [-0.1, -0.05) is 12.7 Å². The first kappa shape index (κ1) is 8.95. The number of aliphatic imine (C=N–C) groups is 1. The van der Waals surface area contributed by atoms with E-state index in [0.717, 1.165) is 0 Å². The average Bonchev–Trinajstić information content (AvgIpc) is 1.99. The summed E-state index contributed by atoms with van der Waals surface area (Å²) in [6.45, 7) is 9.04. The highest BCUT2D eigenvalue weighted by molar-refractivity contribution is 5.87. The number of hydrogen-bond acceptors (Lipinski definition) is 2. The molecule has 0 radical (unpaired) electrons. The lowest BCUT2D eigenvalue weighted by atomic mass is 10.3. The molecule has 2 heteroatoms. The van der Waals surface area contributed by atoms with Gasteiger partial charge in [0, 0.05) is 0 Å². The minimum Gasteiger partial charge on any atom is -0.481 e. The maximum atomic E-state index is 4.86. The van der Waals surface area contributed by atoms with Crippen molar-refractivity contribution >= 4 is 5.90 Å². The van der Waals surface area contributed by atoms with E-state index in [4.69, 9.17) is 4.74 Å². The molecule has 1 atom stereocenters. The van der Waals surface area contributed by atoms with Crippen molar-refractivity contribution < 1.29 is 4.74 Å². The highest BCUT2D eigenvalue weighted by Gasteiger charge is 1.93. The summed E-state index contributed by atoms with van der Waals surface area (Å²) in [7, 11) is 1.57. The predicted molar refractivity (Wildman–Crippen MR) is 44.3 cm³/mol. The Bertz CT molecular complexity index is 149. The SMILES string of the molecule is C=CC(=NC(C)C=C)OC. The topological polar surface area (TPSA) is 21.6 Å². The van der Waals surface area contributed by atoms with Crippen molar-refractivity contribution in [1.82, 2.24) is 0 Å². The average molecular weight is 139 g/mol. The maximum Gasteiger partial charge on any atom is 0.208 e. The van der Waals surface area contributed by atoms with Gasteiger partial charge in [0.1, 0.15) is 0 Å². The summed E-state index contributed by atoms with van der Waals surface area (Å²) < 4.78 is 4.86. The van der Waals surface area contributed by atoms with Crippen LogP contribution in [0.5, 0.6) is 0 Å². The molecule has 0 N–H and O–H groups in total. The van der Waals surface area contributed by atoms with Gasteiger partial charge in [-0.3, -0.25) is 0 Å². The first-order valence-corrected chi connectivity index (χ1v) is 3.11. The Morgan fingerprint density at radius 3 is 2.50 bits per heavy atom. The van der Waals surface area contributed by atoms with Crippen LogP contribution < -0.4 is 0 Å². The normalized spacial score (nSPS) is 14.0. The first-order chi connectivity index (χ1) is 4.74. The molecule has 56 valence electrons. The van der Waals surface area contributed by atoms with Crippen LogP contribution in [0.2, 0.25) is 0 Å². The van der Waals surface area contributed by atoms with E-state index in [1.807, 2.05) is 6.92 Å². The molecule has 0 bridgehead atoms. The fraction of sp³-hybridized carbons (Fsp3) is 0.375. The van der Waals surface area contributed by atoms with E-state index >= 15 is 0 Å². The van der Waals surface area contributed by atoms with Crippen molar-refractivity contribution in [2.24, 2.45) is 4.99 Å². The van der Waals surface area contributed by atoms with Gasteiger partial charge in [0.25, 0.3) is 0 Å². The largest absolute Gasteiger partial charge is 0.481 e. The number of methoxy groups -OCH3 is 1. The summed E-state index contributed by atoms with van der Waals surface area (Å²) in [5.74, 6) is 0.549. The van der Waals surface area contributed by atoms with Crippen LogP contribution in [0.1, 0.15) is 6.92 Å². The Morgan fingerprint density at radius 1 is 1.60 bits per heavy atom. The summed E-state index contributed by atoms with van der Waals surface area (Å²) in [5.41, 5.74) is 0. The molecule has 1 unspecified atom stereocenters. The van der Waals surface area contributed by atoms with Crippen LogP contribution in [-0.2, 0) is 4.74 Å². The molecule has 0 saturated carbocycles. The molecule has 0 fully saturated rings. The number of hydrogen-bond donors (Lipinski definition) is 0. The van der Waals surface area contributed by atoms with Gasteiger partial charge in [-0.25, -0.2) is 4.99 Å². The summed E-state index contributed by atoms with van der Waals surface area (Å²) in [6.07, 6.45) is 3.31. The Hall–Kier alpha value is -1.05. The lowest BCUT2D eigenvalue weighted by Gasteiger charge is -2.01. The van der Waals surface area contributed by atoms with Crippen molar-refractivity contribution in [2.75, 3.05) is 7.11 Å². The van der Waals surface area contributed by atoms with E-state index in [-0.39, 0.29) is 6.04 Å². The van der Waals surface area contributed by atoms with Crippen LogP contribution in [0.4, 0.5) is 0 Å². The van der Waals surface area contributed by atoms with Gasteiger partial charge >= 0.3 is 0 Å². The van der Waals surface area contributed by atoms with Gasteiger partial charge in [-0.2, -0.15) is 0 Å². The van der Waals surface area contributed by atoms with Gasteiger partial charge in [0.2, 0.25) is 5.90 Å².